The number of rotatable bonds is 7. The third-order valence-corrected chi connectivity index (χ3v) is 4.01. The molecule has 1 aromatic rings. The fourth-order valence-electron chi connectivity index (χ4n) is 2.02. The van der Waals surface area contributed by atoms with Crippen molar-refractivity contribution in [1.29, 1.82) is 0 Å². The third kappa shape index (κ3) is 4.87. The summed E-state index contributed by atoms with van der Waals surface area (Å²) in [5.41, 5.74) is 2.50. The van der Waals surface area contributed by atoms with Crippen molar-refractivity contribution in [3.05, 3.63) is 0 Å². The van der Waals surface area contributed by atoms with Gasteiger partial charge in [-0.25, -0.2) is 5.84 Å². The SMILES string of the molecule is CSCC(C)CNc1nc(NN)nc(N2CCOCC2)n1. The van der Waals surface area contributed by atoms with Crippen LogP contribution >= 0.6 is 11.8 Å². The Morgan fingerprint density at radius 2 is 2.00 bits per heavy atom. The zero-order chi connectivity index (χ0) is 15.1. The van der Waals surface area contributed by atoms with Crippen molar-refractivity contribution in [3.8, 4) is 0 Å². The van der Waals surface area contributed by atoms with E-state index in [1.54, 1.807) is 0 Å². The van der Waals surface area contributed by atoms with Gasteiger partial charge in [-0.05, 0) is 17.9 Å². The van der Waals surface area contributed by atoms with Gasteiger partial charge >= 0.3 is 0 Å². The molecule has 4 N–H and O–H groups in total. The van der Waals surface area contributed by atoms with Gasteiger partial charge in [0.25, 0.3) is 0 Å². The van der Waals surface area contributed by atoms with Crippen LogP contribution in [-0.4, -0.2) is 59.8 Å². The molecule has 0 amide bonds. The van der Waals surface area contributed by atoms with Gasteiger partial charge in [-0.15, -0.1) is 0 Å². The van der Waals surface area contributed by atoms with Gasteiger partial charge in [0.1, 0.15) is 0 Å². The Labute approximate surface area is 129 Å². The summed E-state index contributed by atoms with van der Waals surface area (Å²) < 4.78 is 5.34. The molecule has 0 aliphatic carbocycles. The number of anilines is 3. The lowest BCUT2D eigenvalue weighted by molar-refractivity contribution is 0.122. The van der Waals surface area contributed by atoms with E-state index in [1.165, 1.54) is 0 Å². The normalized spacial score (nSPS) is 16.6. The van der Waals surface area contributed by atoms with Crippen molar-refractivity contribution in [2.24, 2.45) is 11.8 Å². The minimum Gasteiger partial charge on any atom is -0.378 e. The fraction of sp³-hybridized carbons (Fsp3) is 0.750. The van der Waals surface area contributed by atoms with Crippen molar-refractivity contribution in [3.63, 3.8) is 0 Å². The average molecular weight is 313 g/mol. The molecule has 1 saturated heterocycles. The molecule has 1 aromatic heterocycles. The van der Waals surface area contributed by atoms with Gasteiger partial charge < -0.3 is 15.0 Å². The molecule has 1 aliphatic heterocycles. The molecule has 2 heterocycles. The second-order valence-electron chi connectivity index (χ2n) is 4.97. The summed E-state index contributed by atoms with van der Waals surface area (Å²) in [6.45, 7) is 5.93. The van der Waals surface area contributed by atoms with Gasteiger partial charge in [0.2, 0.25) is 17.8 Å². The average Bonchev–Trinajstić information content (AvgIpc) is 2.54. The van der Waals surface area contributed by atoms with Crippen molar-refractivity contribution in [2.75, 3.05) is 60.5 Å². The Morgan fingerprint density at radius 3 is 2.67 bits per heavy atom. The summed E-state index contributed by atoms with van der Waals surface area (Å²) in [4.78, 5) is 15.1. The van der Waals surface area contributed by atoms with Crippen LogP contribution in [0.15, 0.2) is 0 Å². The summed E-state index contributed by atoms with van der Waals surface area (Å²) in [7, 11) is 0. The smallest absolute Gasteiger partial charge is 0.243 e. The monoisotopic (exact) mass is 313 g/mol. The molecule has 0 saturated carbocycles. The van der Waals surface area contributed by atoms with Crippen LogP contribution in [0.2, 0.25) is 0 Å². The summed E-state index contributed by atoms with van der Waals surface area (Å²) >= 11 is 1.83. The van der Waals surface area contributed by atoms with E-state index in [2.05, 4.69) is 43.8 Å². The number of nitrogens with zero attached hydrogens (tertiary/aromatic N) is 4. The molecule has 1 atom stereocenters. The van der Waals surface area contributed by atoms with Crippen molar-refractivity contribution >= 4 is 29.6 Å². The minimum absolute atomic E-state index is 0.367. The van der Waals surface area contributed by atoms with Gasteiger partial charge in [0.05, 0.1) is 13.2 Å². The predicted octanol–water partition coefficient (Wildman–Crippen LogP) is 0.405. The second kappa shape index (κ2) is 8.20. The van der Waals surface area contributed by atoms with Crippen LogP contribution in [0.3, 0.4) is 0 Å². The molecular weight excluding hydrogens is 290 g/mol. The highest BCUT2D eigenvalue weighted by atomic mass is 32.2. The first-order valence-electron chi connectivity index (χ1n) is 7.01. The Kier molecular flexibility index (Phi) is 6.27. The van der Waals surface area contributed by atoms with E-state index < -0.39 is 0 Å². The Balaban J connectivity index is 2.05. The number of hydrogen-bond donors (Lipinski definition) is 3. The molecule has 1 unspecified atom stereocenters. The highest BCUT2D eigenvalue weighted by Crippen LogP contribution is 2.15. The fourth-order valence-corrected chi connectivity index (χ4v) is 2.71. The third-order valence-electron chi connectivity index (χ3n) is 3.11. The van der Waals surface area contributed by atoms with Crippen molar-refractivity contribution in [1.82, 2.24) is 15.0 Å². The first-order chi connectivity index (χ1) is 10.2. The molecule has 2 rings (SSSR count). The highest BCUT2D eigenvalue weighted by molar-refractivity contribution is 7.98. The van der Waals surface area contributed by atoms with E-state index in [4.69, 9.17) is 10.6 Å². The van der Waals surface area contributed by atoms with E-state index in [1.807, 2.05) is 11.8 Å². The molecule has 0 radical (unpaired) electrons. The van der Waals surface area contributed by atoms with Crippen molar-refractivity contribution in [2.45, 2.75) is 6.92 Å². The minimum atomic E-state index is 0.367. The summed E-state index contributed by atoms with van der Waals surface area (Å²) in [6, 6.07) is 0. The van der Waals surface area contributed by atoms with E-state index in [-0.39, 0.29) is 0 Å². The van der Waals surface area contributed by atoms with Gasteiger partial charge in [-0.1, -0.05) is 6.92 Å². The number of morpholine rings is 1. The zero-order valence-corrected chi connectivity index (χ0v) is 13.3. The number of nitrogens with two attached hydrogens (primary N) is 1. The van der Waals surface area contributed by atoms with Crippen LogP contribution < -0.4 is 21.5 Å². The summed E-state index contributed by atoms with van der Waals surface area (Å²) in [6.07, 6.45) is 2.10. The molecule has 0 spiro atoms. The number of nitrogens with one attached hydrogen (secondary N) is 2. The predicted molar refractivity (Wildman–Crippen MR) is 86.7 cm³/mol. The summed E-state index contributed by atoms with van der Waals surface area (Å²) in [5.74, 6) is 8.62. The number of ether oxygens (including phenoxy) is 1. The Bertz CT molecular complexity index is 442. The number of hydrogen-bond acceptors (Lipinski definition) is 9. The van der Waals surface area contributed by atoms with Gasteiger partial charge in [0, 0.05) is 19.6 Å². The molecule has 0 bridgehead atoms. The molecule has 8 nitrogen and oxygen atoms in total. The zero-order valence-electron chi connectivity index (χ0n) is 12.5. The highest BCUT2D eigenvalue weighted by Gasteiger charge is 2.16. The number of thioether (sulfide) groups is 1. The van der Waals surface area contributed by atoms with Crippen LogP contribution in [0.4, 0.5) is 17.8 Å². The van der Waals surface area contributed by atoms with E-state index in [9.17, 15) is 0 Å². The molecule has 118 valence electrons. The Hall–Kier alpha value is -1.32. The molecule has 0 aromatic carbocycles. The largest absolute Gasteiger partial charge is 0.378 e. The molecule has 9 heteroatoms. The molecule has 21 heavy (non-hydrogen) atoms. The topological polar surface area (TPSA) is 101 Å². The van der Waals surface area contributed by atoms with Crippen LogP contribution in [0, 0.1) is 5.92 Å². The number of nitrogen functional groups attached to an aromatic ring is 1. The van der Waals surface area contributed by atoms with E-state index in [0.717, 1.165) is 25.4 Å². The maximum Gasteiger partial charge on any atom is 0.243 e. The second-order valence-corrected chi connectivity index (χ2v) is 5.88. The quantitative estimate of drug-likeness (QED) is 0.488. The lowest BCUT2D eigenvalue weighted by Gasteiger charge is -2.27. The first-order valence-corrected chi connectivity index (χ1v) is 8.40. The number of hydrazine groups is 1. The first kappa shape index (κ1) is 16.1. The lowest BCUT2D eigenvalue weighted by Crippen LogP contribution is -2.37. The van der Waals surface area contributed by atoms with Gasteiger partial charge in [-0.2, -0.15) is 26.7 Å². The van der Waals surface area contributed by atoms with E-state index >= 15 is 0 Å². The van der Waals surface area contributed by atoms with Gasteiger partial charge in [-0.3, -0.25) is 5.43 Å². The number of aromatic nitrogens is 3. The Morgan fingerprint density at radius 1 is 1.29 bits per heavy atom. The molecular formula is C12H23N7OS. The lowest BCUT2D eigenvalue weighted by atomic mass is 10.2. The van der Waals surface area contributed by atoms with Crippen LogP contribution in [0.25, 0.3) is 0 Å². The summed E-state index contributed by atoms with van der Waals surface area (Å²) in [5, 5.41) is 3.25. The maximum absolute atomic E-state index is 5.44. The molecule has 1 aliphatic rings. The standard InChI is InChI=1S/C12H23N7OS/c1-9(8-21-2)7-14-10-15-11(18-13)17-12(16-10)19-3-5-20-6-4-19/h9H,3-8,13H2,1-2H3,(H2,14,15,16,17,18). The van der Waals surface area contributed by atoms with Crippen molar-refractivity contribution < 1.29 is 4.74 Å². The molecule has 1 fully saturated rings. The van der Waals surface area contributed by atoms with Crippen LogP contribution in [0.5, 0.6) is 0 Å². The van der Waals surface area contributed by atoms with Crippen LogP contribution in [-0.2, 0) is 4.74 Å². The maximum atomic E-state index is 5.44. The van der Waals surface area contributed by atoms with Crippen LogP contribution in [0.1, 0.15) is 6.92 Å². The van der Waals surface area contributed by atoms with E-state index in [0.29, 0.717) is 37.0 Å². The van der Waals surface area contributed by atoms with Gasteiger partial charge in [0.15, 0.2) is 0 Å².